The van der Waals surface area contributed by atoms with Gasteiger partial charge in [0.25, 0.3) is 0 Å². The molecule has 0 aromatic heterocycles. The lowest BCUT2D eigenvalue weighted by Gasteiger charge is -2.44. The van der Waals surface area contributed by atoms with Crippen LogP contribution in [0.1, 0.15) is 39.5 Å². The van der Waals surface area contributed by atoms with Crippen molar-refractivity contribution in [3.8, 4) is 0 Å². The first-order chi connectivity index (χ1) is 7.14. The maximum absolute atomic E-state index is 8.85. The zero-order valence-corrected chi connectivity index (χ0v) is 10.0. The van der Waals surface area contributed by atoms with Crippen molar-refractivity contribution in [2.75, 3.05) is 13.2 Å². The monoisotopic (exact) mass is 212 g/mol. The molecule has 1 rings (SSSR count). The smallest absolute Gasteiger partial charge is 0.0705 e. The van der Waals surface area contributed by atoms with Crippen molar-refractivity contribution >= 4 is 0 Å². The number of hydrogen-bond acceptors (Lipinski definition) is 2. The Morgan fingerprint density at radius 2 is 2.33 bits per heavy atom. The van der Waals surface area contributed by atoms with Crippen molar-refractivity contribution in [3.63, 3.8) is 0 Å². The fourth-order valence-corrected chi connectivity index (χ4v) is 2.88. The topological polar surface area (TPSA) is 29.5 Å². The van der Waals surface area contributed by atoms with Crippen LogP contribution in [0, 0.1) is 11.8 Å². The lowest BCUT2D eigenvalue weighted by Crippen LogP contribution is -2.44. The summed E-state index contributed by atoms with van der Waals surface area (Å²) in [5.41, 5.74) is -0.0609. The zero-order chi connectivity index (χ0) is 11.3. The minimum Gasteiger partial charge on any atom is -0.394 e. The highest BCUT2D eigenvalue weighted by Gasteiger charge is 2.40. The van der Waals surface area contributed by atoms with Gasteiger partial charge in [0.15, 0.2) is 0 Å². The molecule has 0 bridgehead atoms. The Kier molecular flexibility index (Phi) is 4.81. The molecule has 0 saturated heterocycles. The van der Waals surface area contributed by atoms with Crippen LogP contribution < -0.4 is 0 Å². The van der Waals surface area contributed by atoms with Gasteiger partial charge in [0.05, 0.1) is 18.8 Å². The third kappa shape index (κ3) is 3.05. The van der Waals surface area contributed by atoms with Crippen molar-refractivity contribution in [1.29, 1.82) is 0 Å². The largest absolute Gasteiger partial charge is 0.394 e. The fraction of sp³-hybridized carbons (Fsp3) is 0.846. The molecule has 1 aliphatic carbocycles. The van der Waals surface area contributed by atoms with E-state index in [2.05, 4.69) is 20.4 Å². The van der Waals surface area contributed by atoms with E-state index in [1.54, 1.807) is 0 Å². The van der Waals surface area contributed by atoms with Crippen LogP contribution in [0.15, 0.2) is 12.7 Å². The third-order valence-electron chi connectivity index (χ3n) is 3.75. The Bertz CT molecular complexity index is 203. The molecule has 88 valence electrons. The summed E-state index contributed by atoms with van der Waals surface area (Å²) < 4.78 is 5.86. The van der Waals surface area contributed by atoms with Gasteiger partial charge in [0.1, 0.15) is 0 Å². The molecule has 3 atom stereocenters. The van der Waals surface area contributed by atoms with Gasteiger partial charge in [-0.05, 0) is 31.6 Å². The molecule has 0 amide bonds. The number of ether oxygens (including phenoxy) is 1. The summed E-state index contributed by atoms with van der Waals surface area (Å²) in [6, 6.07) is 0. The van der Waals surface area contributed by atoms with E-state index in [1.807, 2.05) is 6.08 Å². The Labute approximate surface area is 93.3 Å². The van der Waals surface area contributed by atoms with E-state index in [0.717, 1.165) is 12.8 Å². The zero-order valence-electron chi connectivity index (χ0n) is 10.0. The summed E-state index contributed by atoms with van der Waals surface area (Å²) in [6.45, 7) is 8.89. The molecular formula is C13H24O2. The first-order valence-corrected chi connectivity index (χ1v) is 5.99. The highest BCUT2D eigenvalue weighted by atomic mass is 16.5. The molecule has 2 nitrogen and oxygen atoms in total. The van der Waals surface area contributed by atoms with Gasteiger partial charge in [-0.25, -0.2) is 0 Å². The van der Waals surface area contributed by atoms with Crippen LogP contribution in [0.5, 0.6) is 0 Å². The lowest BCUT2D eigenvalue weighted by molar-refractivity contribution is -0.117. The average Bonchev–Trinajstić information content (AvgIpc) is 2.21. The molecule has 0 aromatic carbocycles. The van der Waals surface area contributed by atoms with Crippen molar-refractivity contribution in [2.45, 2.75) is 45.1 Å². The van der Waals surface area contributed by atoms with E-state index >= 15 is 0 Å². The van der Waals surface area contributed by atoms with Gasteiger partial charge in [0, 0.05) is 0 Å². The second-order valence-electron chi connectivity index (χ2n) is 4.89. The van der Waals surface area contributed by atoms with Crippen LogP contribution in [0.4, 0.5) is 0 Å². The van der Waals surface area contributed by atoms with E-state index in [-0.39, 0.29) is 12.2 Å². The molecule has 0 heterocycles. The number of aliphatic hydroxyl groups is 1. The summed E-state index contributed by atoms with van der Waals surface area (Å²) in [5.74, 6) is 1.25. The molecule has 1 aliphatic rings. The molecule has 1 N–H and O–H groups in total. The summed E-state index contributed by atoms with van der Waals surface area (Å²) >= 11 is 0. The minimum atomic E-state index is -0.0609. The number of aliphatic hydroxyl groups excluding tert-OH is 1. The van der Waals surface area contributed by atoms with Gasteiger partial charge in [-0.2, -0.15) is 0 Å². The van der Waals surface area contributed by atoms with Crippen LogP contribution in [0.25, 0.3) is 0 Å². The molecule has 0 aromatic rings. The normalized spacial score (nSPS) is 36.5. The van der Waals surface area contributed by atoms with Crippen LogP contribution >= 0.6 is 0 Å². The number of allylic oxidation sites excluding steroid dienone is 1. The second kappa shape index (κ2) is 5.66. The van der Waals surface area contributed by atoms with Gasteiger partial charge in [-0.15, -0.1) is 6.58 Å². The van der Waals surface area contributed by atoms with E-state index in [1.165, 1.54) is 12.8 Å². The molecule has 15 heavy (non-hydrogen) atoms. The Balaban J connectivity index is 2.67. The van der Waals surface area contributed by atoms with Gasteiger partial charge < -0.3 is 9.84 Å². The summed E-state index contributed by atoms with van der Waals surface area (Å²) in [7, 11) is 0. The minimum absolute atomic E-state index is 0.0609. The Morgan fingerprint density at radius 1 is 1.60 bits per heavy atom. The van der Waals surface area contributed by atoms with Gasteiger partial charge in [0.2, 0.25) is 0 Å². The molecular weight excluding hydrogens is 188 g/mol. The van der Waals surface area contributed by atoms with Crippen molar-refractivity contribution in [2.24, 2.45) is 11.8 Å². The summed E-state index contributed by atoms with van der Waals surface area (Å²) in [6.07, 6.45) is 6.64. The maximum Gasteiger partial charge on any atom is 0.0705 e. The highest BCUT2D eigenvalue weighted by Crippen LogP contribution is 2.42. The Morgan fingerprint density at radius 3 is 2.93 bits per heavy atom. The number of hydrogen-bond donors (Lipinski definition) is 1. The van der Waals surface area contributed by atoms with Crippen molar-refractivity contribution in [3.05, 3.63) is 12.7 Å². The van der Waals surface area contributed by atoms with Crippen LogP contribution in [0.3, 0.4) is 0 Å². The summed E-state index contributed by atoms with van der Waals surface area (Å²) in [4.78, 5) is 0. The third-order valence-corrected chi connectivity index (χ3v) is 3.75. The molecule has 0 spiro atoms. The second-order valence-corrected chi connectivity index (χ2v) is 4.89. The quantitative estimate of drug-likeness (QED) is 0.710. The van der Waals surface area contributed by atoms with Crippen molar-refractivity contribution < 1.29 is 9.84 Å². The van der Waals surface area contributed by atoms with E-state index in [9.17, 15) is 0 Å². The molecule has 1 fully saturated rings. The van der Waals surface area contributed by atoms with Gasteiger partial charge in [-0.1, -0.05) is 25.8 Å². The fourth-order valence-electron chi connectivity index (χ4n) is 2.88. The average molecular weight is 212 g/mol. The molecule has 0 radical (unpaired) electrons. The van der Waals surface area contributed by atoms with Gasteiger partial charge in [-0.3, -0.25) is 0 Å². The molecule has 0 aliphatic heterocycles. The van der Waals surface area contributed by atoms with Crippen LogP contribution in [-0.4, -0.2) is 23.9 Å². The lowest BCUT2D eigenvalue weighted by atomic mass is 9.69. The first-order valence-electron chi connectivity index (χ1n) is 5.99. The van der Waals surface area contributed by atoms with Gasteiger partial charge >= 0.3 is 0 Å². The highest BCUT2D eigenvalue weighted by molar-refractivity contribution is 4.94. The first kappa shape index (κ1) is 12.7. The molecule has 2 heteroatoms. The summed E-state index contributed by atoms with van der Waals surface area (Å²) in [5, 5.41) is 8.85. The van der Waals surface area contributed by atoms with Crippen molar-refractivity contribution in [1.82, 2.24) is 0 Å². The predicted octanol–water partition coefficient (Wildman–Crippen LogP) is 2.77. The standard InChI is InChI=1S/C13H24O2/c1-4-6-12-11(2)7-5-8-13(12,3)15-10-9-14/h4,11-12,14H,1,5-10H2,2-3H3/t11-,12-,13+/m0/s1. The van der Waals surface area contributed by atoms with E-state index < -0.39 is 0 Å². The maximum atomic E-state index is 8.85. The van der Waals surface area contributed by atoms with Crippen LogP contribution in [0.2, 0.25) is 0 Å². The number of rotatable bonds is 5. The van der Waals surface area contributed by atoms with E-state index in [0.29, 0.717) is 18.4 Å². The Hall–Kier alpha value is -0.340. The van der Waals surface area contributed by atoms with Crippen LogP contribution in [-0.2, 0) is 4.74 Å². The molecule has 0 unspecified atom stereocenters. The molecule has 1 saturated carbocycles. The SMILES string of the molecule is C=CC[C@H]1[C@@H](C)CCC[C@@]1(C)OCCO. The predicted molar refractivity (Wildman–Crippen MR) is 62.8 cm³/mol. The van der Waals surface area contributed by atoms with E-state index in [4.69, 9.17) is 9.84 Å².